The molecule has 2 aromatic rings. The highest BCUT2D eigenvalue weighted by Crippen LogP contribution is 2.28. The number of anilines is 3. The van der Waals surface area contributed by atoms with E-state index in [1.165, 1.54) is 0 Å². The monoisotopic (exact) mass is 326 g/mol. The van der Waals surface area contributed by atoms with Crippen molar-refractivity contribution in [3.8, 4) is 0 Å². The van der Waals surface area contributed by atoms with Crippen molar-refractivity contribution in [2.45, 2.75) is 13.8 Å². The van der Waals surface area contributed by atoms with Crippen molar-refractivity contribution in [2.24, 2.45) is 0 Å². The fourth-order valence-corrected chi connectivity index (χ4v) is 2.61. The topological polar surface area (TPSA) is 63.8 Å². The molecule has 0 radical (unpaired) electrons. The van der Waals surface area contributed by atoms with Gasteiger partial charge in [-0.05, 0) is 37.1 Å². The van der Waals surface area contributed by atoms with Crippen LogP contribution in [0.3, 0.4) is 0 Å². The Labute approximate surface area is 119 Å². The Bertz CT molecular complexity index is 557. The van der Waals surface area contributed by atoms with Crippen LogP contribution >= 0.6 is 27.5 Å². The zero-order valence-electron chi connectivity index (χ0n) is 9.96. The largest absolute Gasteiger partial charge is 0.368 e. The Morgan fingerprint density at radius 2 is 1.78 bits per heavy atom. The zero-order valence-corrected chi connectivity index (χ0v) is 12.3. The Morgan fingerprint density at radius 3 is 2.33 bits per heavy atom. The maximum Gasteiger partial charge on any atom is 0.223 e. The summed E-state index contributed by atoms with van der Waals surface area (Å²) in [6.07, 6.45) is 0. The first-order valence-electron chi connectivity index (χ1n) is 5.29. The quantitative estimate of drug-likeness (QED) is 0.823. The summed E-state index contributed by atoms with van der Waals surface area (Å²) in [5, 5.41) is 3.53. The average Bonchev–Trinajstić information content (AvgIpc) is 2.22. The van der Waals surface area contributed by atoms with Gasteiger partial charge in [0.05, 0.1) is 0 Å². The number of nitrogens with two attached hydrogens (primary N) is 1. The van der Waals surface area contributed by atoms with E-state index in [0.29, 0.717) is 11.0 Å². The van der Waals surface area contributed by atoms with Crippen molar-refractivity contribution in [3.05, 3.63) is 39.0 Å². The highest BCUT2D eigenvalue weighted by molar-refractivity contribution is 9.10. The summed E-state index contributed by atoms with van der Waals surface area (Å²) in [5.41, 5.74) is 8.77. The van der Waals surface area contributed by atoms with Crippen LogP contribution in [0, 0.1) is 13.8 Å². The van der Waals surface area contributed by atoms with Crippen molar-refractivity contribution in [1.29, 1.82) is 0 Å². The van der Waals surface area contributed by atoms with Crippen molar-refractivity contribution >= 4 is 45.0 Å². The molecule has 0 spiro atoms. The molecule has 0 unspecified atom stereocenters. The molecular formula is C12H12BrClN4. The maximum atomic E-state index is 5.84. The molecule has 0 saturated carbocycles. The summed E-state index contributed by atoms with van der Waals surface area (Å²) in [6, 6.07) is 5.70. The number of aryl methyl sites for hydroxylation is 2. The van der Waals surface area contributed by atoms with E-state index in [2.05, 4.69) is 31.2 Å². The minimum Gasteiger partial charge on any atom is -0.368 e. The lowest BCUT2D eigenvalue weighted by atomic mass is 10.1. The SMILES string of the molecule is Cc1cc(Br)cc(C)c1Nc1cc(Cl)nc(N)n1. The van der Waals surface area contributed by atoms with Crippen LogP contribution in [0.25, 0.3) is 0 Å². The number of hydrogen-bond acceptors (Lipinski definition) is 4. The standard InChI is InChI=1S/C12H12BrClN4/c1-6-3-8(13)4-7(2)11(6)17-10-5-9(14)16-12(15)18-10/h3-5H,1-2H3,(H3,15,16,17,18). The Morgan fingerprint density at radius 1 is 1.17 bits per heavy atom. The third-order valence-electron chi connectivity index (χ3n) is 2.46. The molecule has 0 aliphatic heterocycles. The lowest BCUT2D eigenvalue weighted by molar-refractivity contribution is 1.18. The van der Waals surface area contributed by atoms with Crippen molar-refractivity contribution in [3.63, 3.8) is 0 Å². The van der Waals surface area contributed by atoms with E-state index in [9.17, 15) is 0 Å². The third-order valence-corrected chi connectivity index (χ3v) is 3.11. The molecule has 2 rings (SSSR count). The fraction of sp³-hybridized carbons (Fsp3) is 0.167. The number of nitrogens with zero attached hydrogens (tertiary/aromatic N) is 2. The summed E-state index contributed by atoms with van der Waals surface area (Å²) in [6.45, 7) is 4.04. The molecule has 1 aromatic heterocycles. The number of hydrogen-bond donors (Lipinski definition) is 2. The molecule has 0 aliphatic rings. The number of benzene rings is 1. The predicted molar refractivity (Wildman–Crippen MR) is 78.4 cm³/mol. The molecule has 18 heavy (non-hydrogen) atoms. The maximum absolute atomic E-state index is 5.84. The average molecular weight is 328 g/mol. The van der Waals surface area contributed by atoms with Gasteiger partial charge >= 0.3 is 0 Å². The van der Waals surface area contributed by atoms with Crippen molar-refractivity contribution in [1.82, 2.24) is 9.97 Å². The number of rotatable bonds is 2. The molecule has 1 aromatic carbocycles. The first kappa shape index (κ1) is 13.1. The highest BCUT2D eigenvalue weighted by atomic mass is 79.9. The molecule has 1 heterocycles. The van der Waals surface area contributed by atoms with Gasteiger partial charge in [-0.25, -0.2) is 4.98 Å². The second kappa shape index (κ2) is 5.12. The molecule has 3 N–H and O–H groups in total. The molecule has 0 bridgehead atoms. The fourth-order valence-electron chi connectivity index (χ4n) is 1.74. The molecule has 94 valence electrons. The van der Waals surface area contributed by atoms with Gasteiger partial charge < -0.3 is 11.1 Å². The summed E-state index contributed by atoms with van der Waals surface area (Å²) in [5.74, 6) is 0.735. The van der Waals surface area contributed by atoms with Crippen LogP contribution in [0.2, 0.25) is 5.15 Å². The smallest absolute Gasteiger partial charge is 0.223 e. The number of aromatic nitrogens is 2. The molecule has 0 atom stereocenters. The van der Waals surface area contributed by atoms with E-state index in [0.717, 1.165) is 21.3 Å². The Balaban J connectivity index is 2.40. The van der Waals surface area contributed by atoms with Gasteiger partial charge in [-0.2, -0.15) is 4.98 Å². The van der Waals surface area contributed by atoms with Gasteiger partial charge in [0.15, 0.2) is 0 Å². The minimum absolute atomic E-state index is 0.150. The second-order valence-electron chi connectivity index (χ2n) is 3.97. The first-order valence-corrected chi connectivity index (χ1v) is 6.46. The van der Waals surface area contributed by atoms with Gasteiger partial charge in [-0.15, -0.1) is 0 Å². The molecular weight excluding hydrogens is 316 g/mol. The van der Waals surface area contributed by atoms with E-state index in [1.807, 2.05) is 26.0 Å². The molecule has 0 aliphatic carbocycles. The van der Waals surface area contributed by atoms with Gasteiger partial charge in [0, 0.05) is 16.2 Å². The number of nitrogens with one attached hydrogen (secondary N) is 1. The lowest BCUT2D eigenvalue weighted by Crippen LogP contribution is -2.02. The lowest BCUT2D eigenvalue weighted by Gasteiger charge is -2.13. The van der Waals surface area contributed by atoms with Crippen molar-refractivity contribution in [2.75, 3.05) is 11.1 Å². The van der Waals surface area contributed by atoms with E-state index in [-0.39, 0.29) is 5.95 Å². The van der Waals surface area contributed by atoms with E-state index in [1.54, 1.807) is 6.07 Å². The van der Waals surface area contributed by atoms with Crippen LogP contribution < -0.4 is 11.1 Å². The van der Waals surface area contributed by atoms with E-state index in [4.69, 9.17) is 17.3 Å². The summed E-state index contributed by atoms with van der Waals surface area (Å²) in [7, 11) is 0. The van der Waals surface area contributed by atoms with Crippen LogP contribution in [0.1, 0.15) is 11.1 Å². The van der Waals surface area contributed by atoms with Gasteiger partial charge in [0.2, 0.25) is 5.95 Å². The second-order valence-corrected chi connectivity index (χ2v) is 5.28. The number of nitrogen functional groups attached to an aromatic ring is 1. The van der Waals surface area contributed by atoms with Gasteiger partial charge in [0.1, 0.15) is 11.0 Å². The predicted octanol–water partition coefficient (Wildman–Crippen LogP) is 3.84. The molecule has 0 fully saturated rings. The summed E-state index contributed by atoms with van der Waals surface area (Å²) < 4.78 is 1.04. The number of halogens is 2. The molecule has 4 nitrogen and oxygen atoms in total. The zero-order chi connectivity index (χ0) is 13.3. The van der Waals surface area contributed by atoms with E-state index < -0.39 is 0 Å². The van der Waals surface area contributed by atoms with Crippen LogP contribution in [0.5, 0.6) is 0 Å². The normalized spacial score (nSPS) is 10.4. The van der Waals surface area contributed by atoms with Crippen LogP contribution in [-0.4, -0.2) is 9.97 Å². The third kappa shape index (κ3) is 2.91. The van der Waals surface area contributed by atoms with Crippen LogP contribution in [0.4, 0.5) is 17.5 Å². The van der Waals surface area contributed by atoms with Crippen LogP contribution in [-0.2, 0) is 0 Å². The van der Waals surface area contributed by atoms with Crippen LogP contribution in [0.15, 0.2) is 22.7 Å². The first-order chi connectivity index (χ1) is 8.45. The highest BCUT2D eigenvalue weighted by Gasteiger charge is 2.07. The molecule has 0 amide bonds. The Kier molecular flexibility index (Phi) is 3.73. The molecule has 0 saturated heterocycles. The van der Waals surface area contributed by atoms with Gasteiger partial charge in [-0.1, -0.05) is 27.5 Å². The minimum atomic E-state index is 0.150. The van der Waals surface area contributed by atoms with Gasteiger partial charge in [-0.3, -0.25) is 0 Å². The van der Waals surface area contributed by atoms with Gasteiger partial charge in [0.25, 0.3) is 0 Å². The summed E-state index contributed by atoms with van der Waals surface area (Å²) >= 11 is 9.30. The summed E-state index contributed by atoms with van der Waals surface area (Å²) in [4.78, 5) is 7.91. The molecule has 6 heteroatoms. The van der Waals surface area contributed by atoms with E-state index >= 15 is 0 Å². The van der Waals surface area contributed by atoms with Crippen molar-refractivity contribution < 1.29 is 0 Å². The Hall–Kier alpha value is -1.33.